The molecule has 0 unspecified atom stereocenters. The maximum absolute atomic E-state index is 17.3. The Morgan fingerprint density at radius 1 is 0.708 bits per heavy atom. The summed E-state index contributed by atoms with van der Waals surface area (Å²) in [5, 5.41) is 3.14. The van der Waals surface area contributed by atoms with E-state index in [1.54, 1.807) is 71.9 Å². The van der Waals surface area contributed by atoms with Gasteiger partial charge >= 0.3 is 24.9 Å². The summed E-state index contributed by atoms with van der Waals surface area (Å²) in [6, 6.07) is 24.4. The van der Waals surface area contributed by atoms with E-state index in [-0.39, 0.29) is 80.2 Å². The third-order valence-corrected chi connectivity index (χ3v) is 14.4. The number of carbonyl (C=O) groups is 3. The number of aromatic nitrogens is 2. The summed E-state index contributed by atoms with van der Waals surface area (Å²) in [4.78, 5) is 69.3. The molecule has 72 heavy (non-hydrogen) atoms. The van der Waals surface area contributed by atoms with Gasteiger partial charge in [-0.3, -0.25) is 14.2 Å². The fraction of sp³-hybridized carbons (Fsp3) is 0.263. The van der Waals surface area contributed by atoms with Crippen LogP contribution < -0.4 is 15.9 Å². The van der Waals surface area contributed by atoms with Crippen LogP contribution in [0.4, 0.5) is 8.63 Å². The van der Waals surface area contributed by atoms with Crippen LogP contribution >= 0.6 is 0 Å². The second-order valence-electron chi connectivity index (χ2n) is 19.8. The zero-order chi connectivity index (χ0) is 51.6. The average Bonchev–Trinajstić information content (AvgIpc) is 3.76. The summed E-state index contributed by atoms with van der Waals surface area (Å²) >= 11 is 0. The molecule has 5 aromatic carbocycles. The minimum absolute atomic E-state index is 0.00419. The van der Waals surface area contributed by atoms with Gasteiger partial charge in [-0.25, -0.2) is 14.4 Å². The molecule has 8 aromatic rings. The number of fused-ring (bicyclic) bond motifs is 4. The molecule has 366 valence electrons. The van der Waals surface area contributed by atoms with E-state index < -0.39 is 42.5 Å². The highest BCUT2D eigenvalue weighted by molar-refractivity contribution is 6.59. The van der Waals surface area contributed by atoms with Gasteiger partial charge in [0.15, 0.2) is 5.70 Å². The molecule has 0 radical (unpaired) electrons. The summed E-state index contributed by atoms with van der Waals surface area (Å²) in [5.74, 6) is -2.32. The highest BCUT2D eigenvalue weighted by atomic mass is 19.2. The number of pyridine rings is 1. The smallest absolute Gasteiger partial charge is 0.462 e. The molecule has 12 nitrogen and oxygen atoms in total. The Morgan fingerprint density at radius 2 is 1.29 bits per heavy atom. The first kappa shape index (κ1) is 47.7. The Hall–Kier alpha value is -7.94. The van der Waals surface area contributed by atoms with E-state index in [0.29, 0.717) is 44.2 Å². The normalized spacial score (nSPS) is 14.6. The van der Waals surface area contributed by atoms with Gasteiger partial charge in [0, 0.05) is 45.1 Å². The topological polar surface area (TPSA) is 139 Å². The number of hydrogen-bond acceptors (Lipinski definition) is 9. The Kier molecular flexibility index (Phi) is 11.2. The van der Waals surface area contributed by atoms with Gasteiger partial charge in [-0.05, 0) is 146 Å². The van der Waals surface area contributed by atoms with Crippen molar-refractivity contribution in [3.63, 3.8) is 0 Å². The molecule has 3 aromatic heterocycles. The van der Waals surface area contributed by atoms with Crippen LogP contribution in [0.15, 0.2) is 110 Å². The van der Waals surface area contributed by atoms with Crippen LogP contribution in [-0.4, -0.2) is 57.3 Å². The van der Waals surface area contributed by atoms with E-state index in [4.69, 9.17) is 18.6 Å². The molecule has 0 spiro atoms. The van der Waals surface area contributed by atoms with Gasteiger partial charge in [0.05, 0.1) is 24.4 Å². The van der Waals surface area contributed by atoms with E-state index in [1.165, 1.54) is 19.4 Å². The SMILES string of the molecule is CCOC(=O)C1=C(C)C2=C(c3c(C)cc(OC(=O)Cn4c(=O)c5ccc6oc7ccc(-c8ccc(C(C)(C)C)cc8)cc7c7ccc(c4=O)c5c67)cc3C)c3c(C)c(C(=O)OCC)c(C)n3[B-](F)(F)[N+]2=C1C. The first-order valence-corrected chi connectivity index (χ1v) is 24.0. The van der Waals surface area contributed by atoms with E-state index in [2.05, 4.69) is 51.1 Å². The number of allylic oxidation sites excluding steroid dienone is 1. The fourth-order valence-electron chi connectivity index (χ4n) is 11.2. The summed E-state index contributed by atoms with van der Waals surface area (Å²) < 4.78 is 60.1. The van der Waals surface area contributed by atoms with Gasteiger partial charge in [0.1, 0.15) is 34.7 Å². The Bertz CT molecular complexity index is 3900. The molecule has 0 N–H and O–H groups in total. The van der Waals surface area contributed by atoms with Crippen LogP contribution in [0.25, 0.3) is 60.2 Å². The van der Waals surface area contributed by atoms with E-state index in [1.807, 2.05) is 18.2 Å². The highest BCUT2D eigenvalue weighted by Crippen LogP contribution is 2.49. The molecule has 0 bridgehead atoms. The first-order chi connectivity index (χ1) is 34.1. The molecule has 2 aliphatic rings. The Morgan fingerprint density at radius 3 is 1.92 bits per heavy atom. The molecule has 0 amide bonds. The van der Waals surface area contributed by atoms with Crippen LogP contribution in [0.5, 0.6) is 5.75 Å². The molecule has 0 aliphatic carbocycles. The Balaban J connectivity index is 1.03. The van der Waals surface area contributed by atoms with Crippen molar-refractivity contribution >= 4 is 79.6 Å². The van der Waals surface area contributed by atoms with E-state index in [9.17, 15) is 24.0 Å². The van der Waals surface area contributed by atoms with E-state index in [0.717, 1.165) is 35.4 Å². The lowest BCUT2D eigenvalue weighted by atomic mass is 9.81. The molecule has 15 heteroatoms. The number of carbonyl (C=O) groups excluding carboxylic acids is 3. The molecular weight excluding hydrogens is 919 g/mol. The minimum atomic E-state index is -4.68. The standard InChI is InChI=1S/C57H52BF2N3O9/c1-12-69-55(67)46-30(5)51-50(52-31(6)47(56(68)70-13-2)33(8)63(52)58(59,60)62(51)32(46)7)45-28(3)24-37(25-29(45)4)71-44(64)27-61-53(65)39-20-19-38-41-26-35(34-14-17-36(18-15-34)57(9,10)11)16-22-42(41)72-43-23-21-40(54(61)66)48(39)49(38)43/h14-26H,12-13,27H2,1-11H3. The van der Waals surface area contributed by atoms with Gasteiger partial charge < -0.3 is 36.2 Å². The largest absolute Gasteiger partial charge is 0.737 e. The molecule has 2 aliphatic heterocycles. The summed E-state index contributed by atoms with van der Waals surface area (Å²) in [6.07, 6.45) is 0. The maximum atomic E-state index is 17.3. The number of rotatable bonds is 9. The van der Waals surface area contributed by atoms with Crippen LogP contribution in [0, 0.1) is 27.7 Å². The lowest BCUT2D eigenvalue weighted by Crippen LogP contribution is -2.52. The summed E-state index contributed by atoms with van der Waals surface area (Å²) in [7, 11) is 0. The number of benzene rings is 5. The number of aryl methyl sites for hydroxylation is 2. The van der Waals surface area contributed by atoms with Crippen LogP contribution in [-0.2, 0) is 31.0 Å². The number of hydrogen-bond donors (Lipinski definition) is 0. The first-order valence-electron chi connectivity index (χ1n) is 24.0. The lowest BCUT2D eigenvalue weighted by molar-refractivity contribution is -0.363. The van der Waals surface area contributed by atoms with Crippen molar-refractivity contribution in [2.24, 2.45) is 0 Å². The third kappa shape index (κ3) is 7.06. The van der Waals surface area contributed by atoms with Gasteiger partial charge in [-0.2, -0.15) is 0 Å². The van der Waals surface area contributed by atoms with Gasteiger partial charge in [-0.15, -0.1) is 0 Å². The van der Waals surface area contributed by atoms with Crippen LogP contribution in [0.3, 0.4) is 0 Å². The summed E-state index contributed by atoms with van der Waals surface area (Å²) in [6.45, 7) is 14.0. The average molecular weight is 972 g/mol. The second kappa shape index (κ2) is 16.9. The fourth-order valence-corrected chi connectivity index (χ4v) is 11.2. The van der Waals surface area contributed by atoms with Crippen molar-refractivity contribution in [3.8, 4) is 16.9 Å². The van der Waals surface area contributed by atoms with Gasteiger partial charge in [0.2, 0.25) is 0 Å². The zero-order valence-electron chi connectivity index (χ0n) is 42.0. The Labute approximate surface area is 412 Å². The molecule has 0 saturated carbocycles. The number of ether oxygens (including phenoxy) is 3. The van der Waals surface area contributed by atoms with Crippen molar-refractivity contribution in [3.05, 3.63) is 161 Å². The molecular formula is C57H52BF2N3O9. The molecule has 10 rings (SSSR count). The second-order valence-corrected chi connectivity index (χ2v) is 19.8. The molecule has 0 fully saturated rings. The number of esters is 3. The predicted octanol–water partition coefficient (Wildman–Crippen LogP) is 11.0. The summed E-state index contributed by atoms with van der Waals surface area (Å²) in [5.41, 5.74) is 5.53. The van der Waals surface area contributed by atoms with Crippen molar-refractivity contribution in [1.82, 2.24) is 9.05 Å². The molecule has 0 atom stereocenters. The quantitative estimate of drug-likeness (QED) is 0.0455. The van der Waals surface area contributed by atoms with Gasteiger partial charge in [-0.1, -0.05) is 57.2 Å². The number of halogens is 2. The van der Waals surface area contributed by atoms with Gasteiger partial charge in [0.25, 0.3) is 11.1 Å². The number of nitrogens with zero attached hydrogens (tertiary/aromatic N) is 3. The van der Waals surface area contributed by atoms with Crippen molar-refractivity contribution in [2.45, 2.75) is 88.1 Å². The lowest BCUT2D eigenvalue weighted by Gasteiger charge is -2.34. The minimum Gasteiger partial charge on any atom is -0.462 e. The third-order valence-electron chi connectivity index (χ3n) is 14.4. The zero-order valence-corrected chi connectivity index (χ0v) is 42.0. The van der Waals surface area contributed by atoms with Crippen LogP contribution in [0.2, 0.25) is 0 Å². The van der Waals surface area contributed by atoms with Crippen molar-refractivity contribution < 1.29 is 46.1 Å². The molecule has 0 saturated heterocycles. The monoisotopic (exact) mass is 971 g/mol. The predicted molar refractivity (Wildman–Crippen MR) is 276 cm³/mol. The van der Waals surface area contributed by atoms with Crippen LogP contribution in [0.1, 0.15) is 98.0 Å². The molecule has 5 heterocycles. The highest BCUT2D eigenvalue weighted by Gasteiger charge is 2.58. The van der Waals surface area contributed by atoms with Crippen molar-refractivity contribution in [1.29, 1.82) is 0 Å². The van der Waals surface area contributed by atoms with E-state index >= 15 is 8.63 Å². The van der Waals surface area contributed by atoms with Crippen molar-refractivity contribution in [2.75, 3.05) is 13.2 Å². The maximum Gasteiger partial charge on any atom is 0.737 e.